The number of benzene rings is 2. The Hall–Kier alpha value is -2.13. The highest BCUT2D eigenvalue weighted by Crippen LogP contribution is 2.26. The Bertz CT molecular complexity index is 594. The van der Waals surface area contributed by atoms with Gasteiger partial charge in [0.2, 0.25) is 5.91 Å². The quantitative estimate of drug-likeness (QED) is 0.906. The second-order valence-corrected chi connectivity index (χ2v) is 6.47. The monoisotopic (exact) mass is 323 g/mol. The van der Waals surface area contributed by atoms with Crippen LogP contribution in [0.2, 0.25) is 0 Å². The van der Waals surface area contributed by atoms with Crippen LogP contribution in [0.1, 0.15) is 42.7 Å². The maximum Gasteiger partial charge on any atom is 0.232 e. The van der Waals surface area contributed by atoms with E-state index in [9.17, 15) is 4.79 Å². The highest BCUT2D eigenvalue weighted by Gasteiger charge is 2.27. The van der Waals surface area contributed by atoms with Crippen LogP contribution in [0.15, 0.2) is 60.7 Å². The van der Waals surface area contributed by atoms with E-state index < -0.39 is 0 Å². The van der Waals surface area contributed by atoms with Gasteiger partial charge in [-0.25, -0.2) is 0 Å². The molecule has 126 valence electrons. The summed E-state index contributed by atoms with van der Waals surface area (Å²) < 4.78 is 5.42. The Morgan fingerprint density at radius 2 is 1.42 bits per heavy atom. The molecule has 0 radical (unpaired) electrons. The number of rotatable bonds is 5. The van der Waals surface area contributed by atoms with Crippen LogP contribution in [0, 0.1) is 0 Å². The number of amides is 1. The number of hydrogen-bond donors (Lipinski definition) is 1. The minimum absolute atomic E-state index is 0.0910. The van der Waals surface area contributed by atoms with E-state index in [-0.39, 0.29) is 17.9 Å². The summed E-state index contributed by atoms with van der Waals surface area (Å²) in [6, 6.07) is 20.3. The summed E-state index contributed by atoms with van der Waals surface area (Å²) in [5.41, 5.74) is 2.07. The molecule has 1 fully saturated rings. The SMILES string of the molecule is COC1CCC(NC(=O)C(c2ccccc2)c2ccccc2)CC1. The third kappa shape index (κ3) is 4.04. The summed E-state index contributed by atoms with van der Waals surface area (Å²) in [6.07, 6.45) is 4.35. The van der Waals surface area contributed by atoms with Gasteiger partial charge < -0.3 is 10.1 Å². The Balaban J connectivity index is 1.75. The lowest BCUT2D eigenvalue weighted by molar-refractivity contribution is -0.122. The first kappa shape index (κ1) is 16.7. The van der Waals surface area contributed by atoms with Crippen molar-refractivity contribution in [1.82, 2.24) is 5.32 Å². The number of ether oxygens (including phenoxy) is 1. The smallest absolute Gasteiger partial charge is 0.232 e. The first-order valence-electron chi connectivity index (χ1n) is 8.71. The molecule has 0 atom stereocenters. The Morgan fingerprint density at radius 1 is 0.917 bits per heavy atom. The van der Waals surface area contributed by atoms with Crippen LogP contribution in [0.25, 0.3) is 0 Å². The molecule has 0 heterocycles. The minimum Gasteiger partial charge on any atom is -0.381 e. The van der Waals surface area contributed by atoms with Crippen molar-refractivity contribution < 1.29 is 9.53 Å². The van der Waals surface area contributed by atoms with Crippen molar-refractivity contribution in [3.8, 4) is 0 Å². The van der Waals surface area contributed by atoms with E-state index in [4.69, 9.17) is 4.74 Å². The van der Waals surface area contributed by atoms with Gasteiger partial charge in [0.05, 0.1) is 12.0 Å². The molecule has 0 saturated heterocycles. The molecule has 3 rings (SSSR count). The summed E-state index contributed by atoms with van der Waals surface area (Å²) in [4.78, 5) is 13.0. The standard InChI is InChI=1S/C21H25NO2/c1-24-19-14-12-18(13-15-19)22-21(23)20(16-8-4-2-5-9-16)17-10-6-3-7-11-17/h2-11,18-20H,12-15H2,1H3,(H,22,23). The van der Waals surface area contributed by atoms with E-state index in [0.717, 1.165) is 36.8 Å². The zero-order valence-corrected chi connectivity index (χ0v) is 14.2. The van der Waals surface area contributed by atoms with E-state index in [0.29, 0.717) is 6.10 Å². The number of methoxy groups -OCH3 is 1. The predicted molar refractivity (Wildman–Crippen MR) is 95.9 cm³/mol. The maximum atomic E-state index is 13.0. The molecule has 0 aliphatic heterocycles. The van der Waals surface area contributed by atoms with Gasteiger partial charge in [0.15, 0.2) is 0 Å². The molecule has 0 unspecified atom stereocenters. The van der Waals surface area contributed by atoms with Gasteiger partial charge >= 0.3 is 0 Å². The molecule has 0 spiro atoms. The lowest BCUT2D eigenvalue weighted by atomic mass is 9.88. The van der Waals surface area contributed by atoms with Crippen LogP contribution in [-0.2, 0) is 9.53 Å². The van der Waals surface area contributed by atoms with E-state index in [1.165, 1.54) is 0 Å². The molecule has 2 aromatic carbocycles. The number of nitrogens with one attached hydrogen (secondary N) is 1. The Kier molecular flexibility index (Phi) is 5.65. The van der Waals surface area contributed by atoms with Crippen LogP contribution in [0.4, 0.5) is 0 Å². The number of carbonyl (C=O) groups excluding carboxylic acids is 1. The molecule has 3 nitrogen and oxygen atoms in total. The Labute approximate surface area is 144 Å². The summed E-state index contributed by atoms with van der Waals surface area (Å²) in [5, 5.41) is 3.27. The van der Waals surface area contributed by atoms with Gasteiger partial charge in [-0.1, -0.05) is 60.7 Å². The van der Waals surface area contributed by atoms with Gasteiger partial charge in [-0.05, 0) is 36.8 Å². The van der Waals surface area contributed by atoms with Crippen molar-refractivity contribution in [2.45, 2.75) is 43.7 Å². The van der Waals surface area contributed by atoms with Gasteiger partial charge in [0.1, 0.15) is 0 Å². The fourth-order valence-corrected chi connectivity index (χ4v) is 3.51. The fraction of sp³-hybridized carbons (Fsp3) is 0.381. The predicted octanol–water partition coefficient (Wildman–Crippen LogP) is 3.89. The normalized spacial score (nSPS) is 20.8. The van der Waals surface area contributed by atoms with Crippen molar-refractivity contribution in [3.05, 3.63) is 71.8 Å². The molecule has 1 amide bonds. The van der Waals surface area contributed by atoms with Gasteiger partial charge in [-0.15, -0.1) is 0 Å². The van der Waals surface area contributed by atoms with Crippen LogP contribution in [-0.4, -0.2) is 25.2 Å². The molecule has 24 heavy (non-hydrogen) atoms. The summed E-state index contributed by atoms with van der Waals surface area (Å²) in [5.74, 6) is -0.166. The molecule has 1 aliphatic rings. The zero-order valence-electron chi connectivity index (χ0n) is 14.2. The number of hydrogen-bond acceptors (Lipinski definition) is 2. The molecule has 3 heteroatoms. The van der Waals surface area contributed by atoms with Crippen molar-refractivity contribution in [1.29, 1.82) is 0 Å². The van der Waals surface area contributed by atoms with Crippen molar-refractivity contribution >= 4 is 5.91 Å². The van der Waals surface area contributed by atoms with Gasteiger partial charge in [0, 0.05) is 13.2 Å². The molecule has 1 saturated carbocycles. The largest absolute Gasteiger partial charge is 0.381 e. The Morgan fingerprint density at radius 3 is 1.88 bits per heavy atom. The van der Waals surface area contributed by atoms with Crippen LogP contribution >= 0.6 is 0 Å². The third-order valence-corrected chi connectivity index (χ3v) is 4.88. The second-order valence-electron chi connectivity index (χ2n) is 6.47. The fourth-order valence-electron chi connectivity index (χ4n) is 3.51. The van der Waals surface area contributed by atoms with E-state index in [2.05, 4.69) is 5.32 Å². The lowest BCUT2D eigenvalue weighted by Crippen LogP contribution is -2.41. The van der Waals surface area contributed by atoms with Gasteiger partial charge in [0.25, 0.3) is 0 Å². The van der Waals surface area contributed by atoms with E-state index >= 15 is 0 Å². The van der Waals surface area contributed by atoms with Crippen molar-refractivity contribution in [3.63, 3.8) is 0 Å². The van der Waals surface area contributed by atoms with Crippen LogP contribution < -0.4 is 5.32 Å². The van der Waals surface area contributed by atoms with E-state index in [1.807, 2.05) is 60.7 Å². The van der Waals surface area contributed by atoms with E-state index in [1.54, 1.807) is 7.11 Å². The first-order chi connectivity index (χ1) is 11.8. The van der Waals surface area contributed by atoms with Gasteiger partial charge in [-0.2, -0.15) is 0 Å². The zero-order chi connectivity index (χ0) is 16.8. The average molecular weight is 323 g/mol. The van der Waals surface area contributed by atoms with Crippen LogP contribution in [0.3, 0.4) is 0 Å². The van der Waals surface area contributed by atoms with Crippen molar-refractivity contribution in [2.75, 3.05) is 7.11 Å². The minimum atomic E-state index is -0.257. The molecule has 2 aromatic rings. The number of carbonyl (C=O) groups is 1. The second kappa shape index (κ2) is 8.11. The summed E-state index contributed by atoms with van der Waals surface area (Å²) >= 11 is 0. The maximum absolute atomic E-state index is 13.0. The van der Waals surface area contributed by atoms with Crippen LogP contribution in [0.5, 0.6) is 0 Å². The molecule has 1 aliphatic carbocycles. The average Bonchev–Trinajstić information content (AvgIpc) is 2.64. The highest BCUT2D eigenvalue weighted by molar-refractivity contribution is 5.87. The molecule has 0 aromatic heterocycles. The topological polar surface area (TPSA) is 38.3 Å². The van der Waals surface area contributed by atoms with Crippen molar-refractivity contribution in [2.24, 2.45) is 0 Å². The summed E-state index contributed by atoms with van der Waals surface area (Å²) in [7, 11) is 1.77. The lowest BCUT2D eigenvalue weighted by Gasteiger charge is -2.29. The molecule has 0 bridgehead atoms. The van der Waals surface area contributed by atoms with Gasteiger partial charge in [-0.3, -0.25) is 4.79 Å². The molecular formula is C21H25NO2. The summed E-state index contributed by atoms with van der Waals surface area (Å²) in [6.45, 7) is 0. The molecule has 1 N–H and O–H groups in total. The first-order valence-corrected chi connectivity index (χ1v) is 8.71. The molecular weight excluding hydrogens is 298 g/mol. The highest BCUT2D eigenvalue weighted by atomic mass is 16.5. The third-order valence-electron chi connectivity index (χ3n) is 4.88.